The molecule has 0 heterocycles. The van der Waals surface area contributed by atoms with Crippen molar-refractivity contribution in [3.8, 4) is 17.2 Å². The summed E-state index contributed by atoms with van der Waals surface area (Å²) in [5, 5.41) is 2.91. The second-order valence-electron chi connectivity index (χ2n) is 5.84. The minimum absolute atomic E-state index is 0.0526. The van der Waals surface area contributed by atoms with Gasteiger partial charge >= 0.3 is 0 Å². The largest absolute Gasteiger partial charge is 0.494 e. The van der Waals surface area contributed by atoms with Gasteiger partial charge in [-0.3, -0.25) is 4.79 Å². The van der Waals surface area contributed by atoms with E-state index in [1.807, 2.05) is 44.2 Å². The van der Waals surface area contributed by atoms with E-state index in [0.717, 1.165) is 22.6 Å². The summed E-state index contributed by atoms with van der Waals surface area (Å²) in [6, 6.07) is 11.5. The summed E-state index contributed by atoms with van der Waals surface area (Å²) >= 11 is 0. The molecule has 2 rings (SSSR count). The first-order chi connectivity index (χ1) is 12.0. The molecule has 0 fully saturated rings. The predicted octanol–water partition coefficient (Wildman–Crippen LogP) is 4.12. The molecule has 0 aliphatic heterocycles. The molecular weight excluding hydrogens is 318 g/mol. The van der Waals surface area contributed by atoms with Crippen molar-refractivity contribution in [2.24, 2.45) is 0 Å². The summed E-state index contributed by atoms with van der Waals surface area (Å²) in [4.78, 5) is 12.1. The van der Waals surface area contributed by atoms with Gasteiger partial charge in [-0.15, -0.1) is 0 Å². The molecular formula is C20H25NO4. The number of nitrogens with one attached hydrogen (secondary N) is 1. The van der Waals surface area contributed by atoms with Crippen molar-refractivity contribution in [3.63, 3.8) is 0 Å². The van der Waals surface area contributed by atoms with E-state index in [1.54, 1.807) is 20.3 Å². The number of carbonyl (C=O) groups is 1. The minimum Gasteiger partial charge on any atom is -0.494 e. The number of benzene rings is 2. The minimum atomic E-state index is -0.0526. The van der Waals surface area contributed by atoms with E-state index in [2.05, 4.69) is 5.32 Å². The van der Waals surface area contributed by atoms with Gasteiger partial charge in [0.05, 0.1) is 20.8 Å². The number of carbonyl (C=O) groups excluding carboxylic acids is 1. The SMILES string of the molecule is COc1cc(C)c(NC(=O)CCCOc2cccc(C)c2)cc1OC. The highest BCUT2D eigenvalue weighted by molar-refractivity contribution is 5.92. The fraction of sp³-hybridized carbons (Fsp3) is 0.350. The summed E-state index contributed by atoms with van der Waals surface area (Å²) in [6.45, 7) is 4.44. The Kier molecular flexibility index (Phi) is 6.69. The molecule has 0 aliphatic rings. The molecule has 0 saturated heterocycles. The molecule has 0 atom stereocenters. The van der Waals surface area contributed by atoms with Crippen LogP contribution in [-0.4, -0.2) is 26.7 Å². The van der Waals surface area contributed by atoms with Gasteiger partial charge in [0.15, 0.2) is 11.5 Å². The van der Waals surface area contributed by atoms with Crippen molar-refractivity contribution in [2.75, 3.05) is 26.1 Å². The third-order valence-electron chi connectivity index (χ3n) is 3.81. The molecule has 0 bridgehead atoms. The molecule has 0 aliphatic carbocycles. The van der Waals surface area contributed by atoms with Gasteiger partial charge in [-0.05, 0) is 49.6 Å². The van der Waals surface area contributed by atoms with Gasteiger partial charge in [-0.2, -0.15) is 0 Å². The summed E-state index contributed by atoms with van der Waals surface area (Å²) in [5.74, 6) is 2.01. The maximum atomic E-state index is 12.1. The molecule has 1 amide bonds. The van der Waals surface area contributed by atoms with Crippen molar-refractivity contribution < 1.29 is 19.0 Å². The standard InChI is InChI=1S/C20H25NO4/c1-14-7-5-8-16(11-14)25-10-6-9-20(22)21-17-13-19(24-4)18(23-3)12-15(17)2/h5,7-8,11-13H,6,9-10H2,1-4H3,(H,21,22). The van der Waals surface area contributed by atoms with Gasteiger partial charge in [0, 0.05) is 18.2 Å². The number of aryl methyl sites for hydroxylation is 2. The Balaban J connectivity index is 1.84. The average molecular weight is 343 g/mol. The number of methoxy groups -OCH3 is 2. The predicted molar refractivity (Wildman–Crippen MR) is 98.8 cm³/mol. The van der Waals surface area contributed by atoms with Crippen LogP contribution in [0.1, 0.15) is 24.0 Å². The van der Waals surface area contributed by atoms with E-state index in [4.69, 9.17) is 14.2 Å². The van der Waals surface area contributed by atoms with Gasteiger partial charge in [0.25, 0.3) is 0 Å². The molecule has 134 valence electrons. The van der Waals surface area contributed by atoms with Crippen LogP contribution < -0.4 is 19.5 Å². The van der Waals surface area contributed by atoms with E-state index in [0.29, 0.717) is 30.9 Å². The summed E-state index contributed by atoms with van der Waals surface area (Å²) in [5.41, 5.74) is 2.79. The first kappa shape index (κ1) is 18.6. The molecule has 5 nitrogen and oxygen atoms in total. The number of hydrogen-bond donors (Lipinski definition) is 1. The zero-order chi connectivity index (χ0) is 18.2. The van der Waals surface area contributed by atoms with Crippen LogP contribution in [0.3, 0.4) is 0 Å². The Labute approximate surface area is 148 Å². The van der Waals surface area contributed by atoms with E-state index in [-0.39, 0.29) is 5.91 Å². The van der Waals surface area contributed by atoms with Gasteiger partial charge in [0.2, 0.25) is 5.91 Å². The molecule has 2 aromatic carbocycles. The Hall–Kier alpha value is -2.69. The monoisotopic (exact) mass is 343 g/mol. The van der Waals surface area contributed by atoms with Crippen molar-refractivity contribution in [1.82, 2.24) is 0 Å². The molecule has 0 aromatic heterocycles. The number of anilines is 1. The lowest BCUT2D eigenvalue weighted by Crippen LogP contribution is -2.14. The number of amides is 1. The zero-order valence-electron chi connectivity index (χ0n) is 15.2. The van der Waals surface area contributed by atoms with E-state index in [9.17, 15) is 4.79 Å². The lowest BCUT2D eigenvalue weighted by Gasteiger charge is -2.13. The van der Waals surface area contributed by atoms with Crippen LogP contribution in [-0.2, 0) is 4.79 Å². The molecule has 2 aromatic rings. The molecule has 0 radical (unpaired) electrons. The number of ether oxygens (including phenoxy) is 3. The van der Waals surface area contributed by atoms with Crippen LogP contribution in [0.25, 0.3) is 0 Å². The second kappa shape index (κ2) is 8.97. The summed E-state index contributed by atoms with van der Waals surface area (Å²) in [7, 11) is 3.16. The number of rotatable bonds is 8. The van der Waals surface area contributed by atoms with Crippen LogP contribution in [0.5, 0.6) is 17.2 Å². The number of hydrogen-bond acceptors (Lipinski definition) is 4. The lowest BCUT2D eigenvalue weighted by molar-refractivity contribution is -0.116. The third kappa shape index (κ3) is 5.41. The fourth-order valence-electron chi connectivity index (χ4n) is 2.46. The lowest BCUT2D eigenvalue weighted by atomic mass is 10.1. The fourth-order valence-corrected chi connectivity index (χ4v) is 2.46. The van der Waals surface area contributed by atoms with Gasteiger partial charge < -0.3 is 19.5 Å². The van der Waals surface area contributed by atoms with Crippen LogP contribution in [0.4, 0.5) is 5.69 Å². The van der Waals surface area contributed by atoms with Crippen LogP contribution in [0, 0.1) is 13.8 Å². The topological polar surface area (TPSA) is 56.8 Å². The highest BCUT2D eigenvalue weighted by Crippen LogP contribution is 2.32. The van der Waals surface area contributed by atoms with Crippen LogP contribution in [0.15, 0.2) is 36.4 Å². The van der Waals surface area contributed by atoms with Crippen LogP contribution in [0.2, 0.25) is 0 Å². The maximum Gasteiger partial charge on any atom is 0.224 e. The highest BCUT2D eigenvalue weighted by atomic mass is 16.5. The molecule has 0 spiro atoms. The summed E-state index contributed by atoms with van der Waals surface area (Å²) in [6.07, 6.45) is 1.03. The van der Waals surface area contributed by atoms with Gasteiger partial charge in [-0.25, -0.2) is 0 Å². The van der Waals surface area contributed by atoms with Crippen LogP contribution >= 0.6 is 0 Å². The van der Waals surface area contributed by atoms with Gasteiger partial charge in [0.1, 0.15) is 5.75 Å². The molecule has 1 N–H and O–H groups in total. The zero-order valence-corrected chi connectivity index (χ0v) is 15.2. The smallest absolute Gasteiger partial charge is 0.224 e. The Morgan fingerprint density at radius 3 is 2.44 bits per heavy atom. The van der Waals surface area contributed by atoms with E-state index < -0.39 is 0 Å². The molecule has 5 heteroatoms. The maximum absolute atomic E-state index is 12.1. The highest BCUT2D eigenvalue weighted by Gasteiger charge is 2.11. The first-order valence-electron chi connectivity index (χ1n) is 8.25. The van der Waals surface area contributed by atoms with Gasteiger partial charge in [-0.1, -0.05) is 12.1 Å². The third-order valence-corrected chi connectivity index (χ3v) is 3.81. The van der Waals surface area contributed by atoms with Crippen molar-refractivity contribution in [1.29, 1.82) is 0 Å². The first-order valence-corrected chi connectivity index (χ1v) is 8.25. The Bertz CT molecular complexity index is 728. The van der Waals surface area contributed by atoms with Crippen molar-refractivity contribution in [2.45, 2.75) is 26.7 Å². The Morgan fingerprint density at radius 1 is 1.04 bits per heavy atom. The van der Waals surface area contributed by atoms with Crippen molar-refractivity contribution in [3.05, 3.63) is 47.5 Å². The Morgan fingerprint density at radius 2 is 1.76 bits per heavy atom. The van der Waals surface area contributed by atoms with E-state index in [1.165, 1.54) is 0 Å². The quantitative estimate of drug-likeness (QED) is 0.733. The summed E-state index contributed by atoms with van der Waals surface area (Å²) < 4.78 is 16.2. The molecule has 0 unspecified atom stereocenters. The molecule has 25 heavy (non-hydrogen) atoms. The second-order valence-corrected chi connectivity index (χ2v) is 5.84. The normalized spacial score (nSPS) is 10.2. The van der Waals surface area contributed by atoms with Crippen molar-refractivity contribution >= 4 is 11.6 Å². The van der Waals surface area contributed by atoms with E-state index >= 15 is 0 Å². The molecule has 0 saturated carbocycles. The average Bonchev–Trinajstić information content (AvgIpc) is 2.60.